The number of hydrogen-bond donors (Lipinski definition) is 1. The summed E-state index contributed by atoms with van der Waals surface area (Å²) in [5.41, 5.74) is 2.75. The molecule has 17 heavy (non-hydrogen) atoms. The lowest BCUT2D eigenvalue weighted by molar-refractivity contribution is 0.0842. The maximum Gasteiger partial charge on any atom is 0.494 e. The summed E-state index contributed by atoms with van der Waals surface area (Å²) in [6.07, 6.45) is 1.78. The first kappa shape index (κ1) is 10.8. The predicted octanol–water partition coefficient (Wildman–Crippen LogP) is 1.47. The van der Waals surface area contributed by atoms with Crippen molar-refractivity contribution in [2.24, 2.45) is 0 Å². The van der Waals surface area contributed by atoms with Gasteiger partial charge in [-0.1, -0.05) is 6.07 Å². The molecule has 1 atom stereocenters. The molecule has 0 saturated carbocycles. The Balaban J connectivity index is 1.94. The Labute approximate surface area is 100 Å². The van der Waals surface area contributed by atoms with Crippen molar-refractivity contribution in [3.8, 4) is 0 Å². The number of aromatic amines is 1. The number of H-pyrrole nitrogens is 1. The van der Waals surface area contributed by atoms with Crippen LogP contribution in [0.1, 0.15) is 20.8 Å². The second kappa shape index (κ2) is 3.58. The van der Waals surface area contributed by atoms with Crippen LogP contribution in [0.5, 0.6) is 0 Å². The van der Waals surface area contributed by atoms with E-state index >= 15 is 0 Å². The standard InChI is InChI=1S/C12H15BN2O2/c1-8-12(2,3)17-13(16-8)9-4-5-10-11(6-9)15-7-14-10/h4-8H,1-3H3,(H,14,15). The number of rotatable bonds is 1. The summed E-state index contributed by atoms with van der Waals surface area (Å²) in [5, 5.41) is 0. The monoisotopic (exact) mass is 230 g/mol. The maximum absolute atomic E-state index is 5.92. The normalized spacial score (nSPS) is 23.5. The molecular weight excluding hydrogens is 215 g/mol. The van der Waals surface area contributed by atoms with Crippen LogP contribution in [0.25, 0.3) is 11.0 Å². The van der Waals surface area contributed by atoms with Gasteiger partial charge < -0.3 is 14.3 Å². The zero-order chi connectivity index (χ0) is 12.0. The molecule has 1 aromatic carbocycles. The fourth-order valence-electron chi connectivity index (χ4n) is 2.00. The summed E-state index contributed by atoms with van der Waals surface area (Å²) in [5.74, 6) is 0. The van der Waals surface area contributed by atoms with Crippen LogP contribution in [0, 0.1) is 0 Å². The van der Waals surface area contributed by atoms with Gasteiger partial charge in [0.05, 0.1) is 29.1 Å². The lowest BCUT2D eigenvalue weighted by atomic mass is 9.79. The van der Waals surface area contributed by atoms with Crippen LogP contribution < -0.4 is 5.46 Å². The van der Waals surface area contributed by atoms with Crippen molar-refractivity contribution in [2.45, 2.75) is 32.5 Å². The van der Waals surface area contributed by atoms with Gasteiger partial charge in [0, 0.05) is 0 Å². The van der Waals surface area contributed by atoms with Crippen LogP contribution in [0.4, 0.5) is 0 Å². The van der Waals surface area contributed by atoms with E-state index in [4.69, 9.17) is 9.31 Å². The Morgan fingerprint density at radius 1 is 1.41 bits per heavy atom. The molecule has 2 aromatic rings. The first-order valence-corrected chi connectivity index (χ1v) is 5.82. The Kier molecular flexibility index (Phi) is 2.28. The second-order valence-corrected chi connectivity index (χ2v) is 5.01. The van der Waals surface area contributed by atoms with E-state index in [0.717, 1.165) is 16.5 Å². The fraction of sp³-hybridized carbons (Fsp3) is 0.417. The summed E-state index contributed by atoms with van der Waals surface area (Å²) in [6.45, 7) is 6.13. The van der Waals surface area contributed by atoms with E-state index in [1.807, 2.05) is 39.0 Å². The third-order valence-corrected chi connectivity index (χ3v) is 3.43. The largest absolute Gasteiger partial charge is 0.494 e. The van der Waals surface area contributed by atoms with E-state index in [0.29, 0.717) is 0 Å². The number of nitrogens with zero attached hydrogens (tertiary/aromatic N) is 1. The number of fused-ring (bicyclic) bond motifs is 1. The molecule has 3 rings (SSSR count). The van der Waals surface area contributed by atoms with Gasteiger partial charge in [-0.05, 0) is 38.4 Å². The van der Waals surface area contributed by atoms with Gasteiger partial charge in [-0.2, -0.15) is 0 Å². The van der Waals surface area contributed by atoms with E-state index in [1.165, 1.54) is 0 Å². The highest BCUT2D eigenvalue weighted by Crippen LogP contribution is 2.26. The zero-order valence-electron chi connectivity index (χ0n) is 10.2. The SMILES string of the molecule is CC1OB(c2ccc3nc[nH]c3c2)OC1(C)C. The van der Waals surface area contributed by atoms with Gasteiger partial charge in [0.2, 0.25) is 0 Å². The molecular formula is C12H15BN2O2. The van der Waals surface area contributed by atoms with Crippen LogP contribution >= 0.6 is 0 Å². The smallest absolute Gasteiger partial charge is 0.402 e. The first-order chi connectivity index (χ1) is 8.06. The van der Waals surface area contributed by atoms with Gasteiger partial charge in [-0.3, -0.25) is 0 Å². The first-order valence-electron chi connectivity index (χ1n) is 5.82. The van der Waals surface area contributed by atoms with Crippen LogP contribution in [0.2, 0.25) is 0 Å². The van der Waals surface area contributed by atoms with E-state index < -0.39 is 0 Å². The molecule has 1 fully saturated rings. The number of aromatic nitrogens is 2. The van der Waals surface area contributed by atoms with E-state index in [1.54, 1.807) is 6.33 Å². The van der Waals surface area contributed by atoms with Gasteiger partial charge in [0.25, 0.3) is 0 Å². The molecule has 4 nitrogen and oxygen atoms in total. The van der Waals surface area contributed by atoms with Crippen LogP contribution in [-0.4, -0.2) is 28.8 Å². The molecule has 0 bridgehead atoms. The van der Waals surface area contributed by atoms with Crippen molar-refractivity contribution in [1.82, 2.24) is 9.97 Å². The molecule has 1 aliphatic rings. The van der Waals surface area contributed by atoms with Crippen LogP contribution in [0.3, 0.4) is 0 Å². The van der Waals surface area contributed by atoms with Crippen LogP contribution in [-0.2, 0) is 9.31 Å². The molecule has 5 heteroatoms. The van der Waals surface area contributed by atoms with Gasteiger partial charge in [0.15, 0.2) is 0 Å². The minimum atomic E-state index is -0.285. The molecule has 1 saturated heterocycles. The molecule has 0 spiro atoms. The van der Waals surface area contributed by atoms with Crippen molar-refractivity contribution < 1.29 is 9.31 Å². The molecule has 1 aromatic heterocycles. The number of nitrogens with one attached hydrogen (secondary N) is 1. The summed E-state index contributed by atoms with van der Waals surface area (Å²) < 4.78 is 11.7. The number of hydrogen-bond acceptors (Lipinski definition) is 3. The highest BCUT2D eigenvalue weighted by atomic mass is 16.7. The average Bonchev–Trinajstić information content (AvgIpc) is 2.83. The van der Waals surface area contributed by atoms with E-state index in [2.05, 4.69) is 9.97 Å². The topological polar surface area (TPSA) is 47.1 Å². The minimum absolute atomic E-state index is 0.0879. The van der Waals surface area contributed by atoms with E-state index in [-0.39, 0.29) is 18.8 Å². The van der Waals surface area contributed by atoms with Crippen molar-refractivity contribution in [3.05, 3.63) is 24.5 Å². The summed E-state index contributed by atoms with van der Waals surface area (Å²) >= 11 is 0. The van der Waals surface area contributed by atoms with E-state index in [9.17, 15) is 0 Å². The molecule has 88 valence electrons. The molecule has 2 heterocycles. The third kappa shape index (κ3) is 1.75. The van der Waals surface area contributed by atoms with Crippen molar-refractivity contribution in [3.63, 3.8) is 0 Å². The summed E-state index contributed by atoms with van der Waals surface area (Å²) in [6, 6.07) is 6.01. The lowest BCUT2D eigenvalue weighted by Crippen LogP contribution is -2.34. The molecule has 1 N–H and O–H groups in total. The molecule has 0 radical (unpaired) electrons. The molecule has 1 unspecified atom stereocenters. The van der Waals surface area contributed by atoms with Gasteiger partial charge >= 0.3 is 7.12 Å². The Morgan fingerprint density at radius 2 is 2.24 bits per heavy atom. The van der Waals surface area contributed by atoms with Gasteiger partial charge in [-0.25, -0.2) is 4.98 Å². The maximum atomic E-state index is 5.92. The average molecular weight is 230 g/mol. The highest BCUT2D eigenvalue weighted by molar-refractivity contribution is 6.62. The molecule has 0 amide bonds. The summed E-state index contributed by atoms with van der Waals surface area (Å²) in [4.78, 5) is 7.29. The molecule has 1 aliphatic heterocycles. The minimum Gasteiger partial charge on any atom is -0.402 e. The second-order valence-electron chi connectivity index (χ2n) is 5.01. The lowest BCUT2D eigenvalue weighted by Gasteiger charge is -2.21. The quantitative estimate of drug-likeness (QED) is 0.754. The Bertz CT molecular complexity index is 552. The Morgan fingerprint density at radius 3 is 2.94 bits per heavy atom. The zero-order valence-corrected chi connectivity index (χ0v) is 10.2. The number of benzene rings is 1. The predicted molar refractivity (Wildman–Crippen MR) is 67.2 cm³/mol. The van der Waals surface area contributed by atoms with Gasteiger partial charge in [0.1, 0.15) is 0 Å². The van der Waals surface area contributed by atoms with Crippen molar-refractivity contribution in [1.29, 1.82) is 0 Å². The number of imidazole rings is 1. The molecule has 0 aliphatic carbocycles. The van der Waals surface area contributed by atoms with Crippen molar-refractivity contribution in [2.75, 3.05) is 0 Å². The van der Waals surface area contributed by atoms with Crippen molar-refractivity contribution >= 4 is 23.6 Å². The summed E-state index contributed by atoms with van der Waals surface area (Å²) in [7, 11) is -0.285. The van der Waals surface area contributed by atoms with Crippen LogP contribution in [0.15, 0.2) is 24.5 Å². The third-order valence-electron chi connectivity index (χ3n) is 3.43. The highest BCUT2D eigenvalue weighted by Gasteiger charge is 2.43. The Hall–Kier alpha value is -1.33. The fourth-order valence-corrected chi connectivity index (χ4v) is 2.00. The van der Waals surface area contributed by atoms with Gasteiger partial charge in [-0.15, -0.1) is 0 Å².